The molecule has 0 bridgehead atoms. The van der Waals surface area contributed by atoms with E-state index in [4.69, 9.17) is 0 Å². The Morgan fingerprint density at radius 2 is 1.59 bits per heavy atom. The van der Waals surface area contributed by atoms with Gasteiger partial charge in [-0.15, -0.1) is 0 Å². The van der Waals surface area contributed by atoms with E-state index in [-0.39, 0.29) is 6.04 Å². The van der Waals surface area contributed by atoms with E-state index < -0.39 is 0 Å². The summed E-state index contributed by atoms with van der Waals surface area (Å²) in [5.74, 6) is 0.344. The summed E-state index contributed by atoms with van der Waals surface area (Å²) in [4.78, 5) is 15.8. The number of piperidine rings is 1. The van der Waals surface area contributed by atoms with Crippen LogP contribution in [0.3, 0.4) is 0 Å². The van der Waals surface area contributed by atoms with Crippen LogP contribution in [-0.4, -0.2) is 36.1 Å². The number of anilines is 1. The maximum atomic E-state index is 13.7. The van der Waals surface area contributed by atoms with Crippen molar-refractivity contribution in [1.82, 2.24) is 0 Å². The zero-order valence-corrected chi connectivity index (χ0v) is 16.7. The van der Waals surface area contributed by atoms with Crippen LogP contribution in [0.1, 0.15) is 42.4 Å². The average molecular weight is 364 g/mol. The SMILES string of the molecule is Cc1cccc(C)c1N1CCC[C@H]([N+]2(Cc3ccccc3)CCCC2)C1=O. The Balaban J connectivity index is 1.66. The third-order valence-electron chi connectivity index (χ3n) is 6.58. The van der Waals surface area contributed by atoms with Crippen LogP contribution in [0, 0.1) is 13.8 Å². The first-order valence-electron chi connectivity index (χ1n) is 10.4. The van der Waals surface area contributed by atoms with Gasteiger partial charge in [-0.25, -0.2) is 0 Å². The topological polar surface area (TPSA) is 20.3 Å². The minimum atomic E-state index is 0.0977. The van der Waals surface area contributed by atoms with Gasteiger partial charge in [0.25, 0.3) is 5.91 Å². The van der Waals surface area contributed by atoms with Crippen molar-refractivity contribution in [1.29, 1.82) is 0 Å². The molecule has 2 heterocycles. The van der Waals surface area contributed by atoms with E-state index in [0.717, 1.165) is 49.2 Å². The quantitative estimate of drug-likeness (QED) is 0.727. The maximum absolute atomic E-state index is 13.7. The molecule has 2 aromatic carbocycles. The molecule has 0 unspecified atom stereocenters. The molecule has 4 rings (SSSR count). The van der Waals surface area contributed by atoms with Crippen molar-refractivity contribution in [3.8, 4) is 0 Å². The summed E-state index contributed by atoms with van der Waals surface area (Å²) in [6.45, 7) is 8.36. The number of amides is 1. The summed E-state index contributed by atoms with van der Waals surface area (Å²) in [5, 5.41) is 0. The van der Waals surface area contributed by atoms with Gasteiger partial charge in [0, 0.05) is 37.1 Å². The molecule has 0 radical (unpaired) electrons. The van der Waals surface area contributed by atoms with E-state index in [1.165, 1.54) is 29.5 Å². The number of quaternary nitrogens is 1. The monoisotopic (exact) mass is 363 g/mol. The minimum absolute atomic E-state index is 0.0977. The second-order valence-corrected chi connectivity index (χ2v) is 8.40. The Bertz CT molecular complexity index is 788. The molecule has 2 aliphatic rings. The lowest BCUT2D eigenvalue weighted by atomic mass is 9.97. The summed E-state index contributed by atoms with van der Waals surface area (Å²) in [6, 6.07) is 17.2. The van der Waals surface area contributed by atoms with E-state index >= 15 is 0 Å². The van der Waals surface area contributed by atoms with Crippen molar-refractivity contribution in [3.05, 3.63) is 65.2 Å². The first kappa shape index (κ1) is 18.2. The Kier molecular flexibility index (Phi) is 5.05. The number of hydrogen-bond donors (Lipinski definition) is 0. The molecule has 0 spiro atoms. The summed E-state index contributed by atoms with van der Waals surface area (Å²) in [6.07, 6.45) is 4.59. The van der Waals surface area contributed by atoms with Crippen LogP contribution in [0.5, 0.6) is 0 Å². The number of aryl methyl sites for hydroxylation is 2. The van der Waals surface area contributed by atoms with Crippen molar-refractivity contribution in [3.63, 3.8) is 0 Å². The van der Waals surface area contributed by atoms with Crippen LogP contribution in [0.4, 0.5) is 5.69 Å². The summed E-state index contributed by atoms with van der Waals surface area (Å²) in [5.41, 5.74) is 4.92. The van der Waals surface area contributed by atoms with Crippen molar-refractivity contribution in [2.45, 2.75) is 52.1 Å². The molecule has 2 aromatic rings. The predicted molar refractivity (Wildman–Crippen MR) is 111 cm³/mol. The molecule has 2 fully saturated rings. The molecule has 1 atom stereocenters. The standard InChI is InChI=1S/C24H31N2O/c1-19-10-8-11-20(2)23(19)25-15-9-14-22(24(25)27)26(16-6-7-17-26)18-21-12-4-3-5-13-21/h3-5,8,10-13,22H,6-7,9,14-18H2,1-2H3/q+1/t22-/m0/s1. The summed E-state index contributed by atoms with van der Waals surface area (Å²) in [7, 11) is 0. The van der Waals surface area contributed by atoms with E-state index in [1.54, 1.807) is 0 Å². The third-order valence-corrected chi connectivity index (χ3v) is 6.58. The zero-order valence-electron chi connectivity index (χ0n) is 16.7. The minimum Gasteiger partial charge on any atom is -0.310 e. The summed E-state index contributed by atoms with van der Waals surface area (Å²) < 4.78 is 0.949. The number of likely N-dealkylation sites (tertiary alicyclic amines) is 1. The van der Waals surface area contributed by atoms with Crippen molar-refractivity contribution in [2.24, 2.45) is 0 Å². The largest absolute Gasteiger partial charge is 0.310 e. The third kappa shape index (κ3) is 3.41. The van der Waals surface area contributed by atoms with Gasteiger partial charge in [0.1, 0.15) is 6.54 Å². The second kappa shape index (κ2) is 7.47. The lowest BCUT2D eigenvalue weighted by molar-refractivity contribution is -0.944. The number of carbonyl (C=O) groups excluding carboxylic acids is 1. The fourth-order valence-corrected chi connectivity index (χ4v) is 5.31. The van der Waals surface area contributed by atoms with E-state index in [2.05, 4.69) is 67.3 Å². The molecule has 142 valence electrons. The smallest absolute Gasteiger partial charge is 0.285 e. The van der Waals surface area contributed by atoms with Crippen LogP contribution in [-0.2, 0) is 11.3 Å². The molecule has 2 saturated heterocycles. The van der Waals surface area contributed by atoms with Crippen LogP contribution < -0.4 is 4.90 Å². The van der Waals surface area contributed by atoms with E-state index in [9.17, 15) is 4.79 Å². The Morgan fingerprint density at radius 3 is 2.26 bits per heavy atom. The highest BCUT2D eigenvalue weighted by molar-refractivity contribution is 5.98. The van der Waals surface area contributed by atoms with Gasteiger partial charge in [-0.05, 0) is 31.4 Å². The molecule has 3 heteroatoms. The number of para-hydroxylation sites is 1. The summed E-state index contributed by atoms with van der Waals surface area (Å²) >= 11 is 0. The Hall–Kier alpha value is -2.13. The van der Waals surface area contributed by atoms with Crippen LogP contribution in [0.25, 0.3) is 0 Å². The van der Waals surface area contributed by atoms with E-state index in [1.807, 2.05) is 0 Å². The van der Waals surface area contributed by atoms with Gasteiger partial charge < -0.3 is 9.38 Å². The lowest BCUT2D eigenvalue weighted by Crippen LogP contribution is -2.62. The van der Waals surface area contributed by atoms with Crippen LogP contribution >= 0.6 is 0 Å². The highest BCUT2D eigenvalue weighted by Gasteiger charge is 2.47. The number of benzene rings is 2. The molecule has 2 aliphatic heterocycles. The maximum Gasteiger partial charge on any atom is 0.285 e. The molecular formula is C24H31N2O+. The van der Waals surface area contributed by atoms with Gasteiger partial charge in [0.2, 0.25) is 0 Å². The van der Waals surface area contributed by atoms with Crippen LogP contribution in [0.15, 0.2) is 48.5 Å². The molecule has 0 N–H and O–H groups in total. The molecule has 3 nitrogen and oxygen atoms in total. The predicted octanol–water partition coefficient (Wildman–Crippen LogP) is 4.61. The molecule has 0 aliphatic carbocycles. The zero-order chi connectivity index (χ0) is 18.9. The van der Waals surface area contributed by atoms with Gasteiger partial charge >= 0.3 is 0 Å². The Labute approximate surface area is 163 Å². The average Bonchev–Trinajstić information content (AvgIpc) is 3.13. The molecule has 1 amide bonds. The molecular weight excluding hydrogens is 332 g/mol. The first-order chi connectivity index (χ1) is 13.1. The van der Waals surface area contributed by atoms with Gasteiger partial charge in [-0.2, -0.15) is 0 Å². The van der Waals surface area contributed by atoms with Crippen LogP contribution in [0.2, 0.25) is 0 Å². The molecule has 27 heavy (non-hydrogen) atoms. The van der Waals surface area contributed by atoms with Crippen molar-refractivity contribution in [2.75, 3.05) is 24.5 Å². The normalized spacial score (nSPS) is 22.2. The molecule has 0 saturated carbocycles. The van der Waals surface area contributed by atoms with Crippen molar-refractivity contribution < 1.29 is 9.28 Å². The number of nitrogens with zero attached hydrogens (tertiary/aromatic N) is 2. The lowest BCUT2D eigenvalue weighted by Gasteiger charge is -2.45. The van der Waals surface area contributed by atoms with Gasteiger partial charge in [0.05, 0.1) is 13.1 Å². The van der Waals surface area contributed by atoms with E-state index in [0.29, 0.717) is 5.91 Å². The fraction of sp³-hybridized carbons (Fsp3) is 0.458. The highest BCUT2D eigenvalue weighted by atomic mass is 16.2. The highest BCUT2D eigenvalue weighted by Crippen LogP contribution is 2.35. The fourth-order valence-electron chi connectivity index (χ4n) is 5.31. The molecule has 0 aromatic heterocycles. The number of rotatable bonds is 4. The van der Waals surface area contributed by atoms with Gasteiger partial charge in [-0.3, -0.25) is 4.79 Å². The van der Waals surface area contributed by atoms with Gasteiger partial charge in [-0.1, -0.05) is 48.5 Å². The first-order valence-corrected chi connectivity index (χ1v) is 10.4. The number of hydrogen-bond acceptors (Lipinski definition) is 1. The van der Waals surface area contributed by atoms with Crippen molar-refractivity contribution >= 4 is 11.6 Å². The second-order valence-electron chi connectivity index (χ2n) is 8.40. The van der Waals surface area contributed by atoms with Gasteiger partial charge in [0.15, 0.2) is 6.04 Å². The Morgan fingerprint density at radius 1 is 0.926 bits per heavy atom. The number of carbonyl (C=O) groups is 1.